The molecule has 0 amide bonds. The average Bonchev–Trinajstić information content (AvgIpc) is 2.22. The van der Waals surface area contributed by atoms with Crippen molar-refractivity contribution >= 4 is 0 Å². The predicted octanol–water partition coefficient (Wildman–Crippen LogP) is 2.25. The molecule has 0 radical (unpaired) electrons. The maximum absolute atomic E-state index is 12.1. The maximum atomic E-state index is 12.1. The molecular formula is C14H24N2O. The zero-order chi connectivity index (χ0) is 12.8. The van der Waals surface area contributed by atoms with E-state index < -0.39 is 0 Å². The van der Waals surface area contributed by atoms with Crippen LogP contribution in [-0.4, -0.2) is 11.1 Å². The lowest BCUT2D eigenvalue weighted by Crippen LogP contribution is -2.29. The lowest BCUT2D eigenvalue weighted by atomic mass is 10.2. The number of nitrogens with zero attached hydrogens (tertiary/aromatic N) is 1. The summed E-state index contributed by atoms with van der Waals surface area (Å²) in [5, 5.41) is 3.31. The van der Waals surface area contributed by atoms with Crippen molar-refractivity contribution in [2.45, 2.75) is 40.8 Å². The lowest BCUT2D eigenvalue weighted by molar-refractivity contribution is 0.503. The van der Waals surface area contributed by atoms with Gasteiger partial charge in [-0.25, -0.2) is 0 Å². The van der Waals surface area contributed by atoms with Crippen molar-refractivity contribution in [2.75, 3.05) is 6.54 Å². The Morgan fingerprint density at radius 2 is 1.94 bits per heavy atom. The average molecular weight is 236 g/mol. The summed E-state index contributed by atoms with van der Waals surface area (Å²) in [6, 6.07) is 3.86. The first-order valence-electron chi connectivity index (χ1n) is 6.39. The molecule has 0 saturated heterocycles. The van der Waals surface area contributed by atoms with Gasteiger partial charge >= 0.3 is 0 Å². The van der Waals surface area contributed by atoms with E-state index in [1.54, 1.807) is 4.57 Å². The van der Waals surface area contributed by atoms with E-state index in [-0.39, 0.29) is 5.56 Å². The second-order valence-corrected chi connectivity index (χ2v) is 5.41. The molecule has 0 aliphatic rings. The van der Waals surface area contributed by atoms with Crippen LogP contribution in [0.25, 0.3) is 0 Å². The van der Waals surface area contributed by atoms with Crippen LogP contribution in [0, 0.1) is 11.8 Å². The third kappa shape index (κ3) is 4.73. The van der Waals surface area contributed by atoms with Crippen molar-refractivity contribution in [3.63, 3.8) is 0 Å². The molecule has 3 nitrogen and oxygen atoms in total. The first kappa shape index (κ1) is 14.0. The van der Waals surface area contributed by atoms with Gasteiger partial charge in [0.05, 0.1) is 0 Å². The van der Waals surface area contributed by atoms with Gasteiger partial charge in [0.1, 0.15) is 0 Å². The van der Waals surface area contributed by atoms with Gasteiger partial charge in [-0.15, -0.1) is 0 Å². The maximum Gasteiger partial charge on any atom is 0.255 e. The van der Waals surface area contributed by atoms with E-state index >= 15 is 0 Å². The molecular weight excluding hydrogens is 212 g/mol. The van der Waals surface area contributed by atoms with Gasteiger partial charge in [0, 0.05) is 24.8 Å². The largest absolute Gasteiger partial charge is 0.315 e. The zero-order valence-corrected chi connectivity index (χ0v) is 11.4. The van der Waals surface area contributed by atoms with Gasteiger partial charge in [-0.2, -0.15) is 0 Å². The molecule has 1 aromatic heterocycles. The Morgan fingerprint density at radius 1 is 1.24 bits per heavy atom. The summed E-state index contributed by atoms with van der Waals surface area (Å²) in [6.07, 6.45) is 1.87. The molecule has 1 aromatic rings. The summed E-state index contributed by atoms with van der Waals surface area (Å²) < 4.78 is 1.80. The molecule has 0 atom stereocenters. The summed E-state index contributed by atoms with van der Waals surface area (Å²) in [6.45, 7) is 11.0. The van der Waals surface area contributed by atoms with Gasteiger partial charge in [-0.3, -0.25) is 4.79 Å². The van der Waals surface area contributed by atoms with Gasteiger partial charge in [0.15, 0.2) is 0 Å². The van der Waals surface area contributed by atoms with Crippen LogP contribution >= 0.6 is 0 Å². The molecule has 0 saturated carbocycles. The standard InChI is InChI=1S/C14H24N2O/c1-11(2)8-15-9-13-6-5-7-16(14(13)17)10-12(3)4/h5-7,11-12,15H,8-10H2,1-4H3. The molecule has 1 N–H and O–H groups in total. The van der Waals surface area contributed by atoms with Gasteiger partial charge in [0.2, 0.25) is 0 Å². The Hall–Kier alpha value is -1.09. The molecule has 0 unspecified atom stereocenters. The number of nitrogens with one attached hydrogen (secondary N) is 1. The molecule has 1 heterocycles. The van der Waals surface area contributed by atoms with E-state index in [4.69, 9.17) is 0 Å². The molecule has 3 heteroatoms. The topological polar surface area (TPSA) is 34.0 Å². The Balaban J connectivity index is 2.70. The predicted molar refractivity (Wildman–Crippen MR) is 72.1 cm³/mol. The Kier molecular flexibility index (Phi) is 5.42. The van der Waals surface area contributed by atoms with Crippen LogP contribution in [0.3, 0.4) is 0 Å². The highest BCUT2D eigenvalue weighted by atomic mass is 16.1. The van der Waals surface area contributed by atoms with E-state index in [1.807, 2.05) is 18.3 Å². The molecule has 0 aliphatic carbocycles. The first-order valence-corrected chi connectivity index (χ1v) is 6.39. The fourth-order valence-corrected chi connectivity index (χ4v) is 1.75. The van der Waals surface area contributed by atoms with Crippen molar-refractivity contribution in [3.8, 4) is 0 Å². The number of pyridine rings is 1. The summed E-state index contributed by atoms with van der Waals surface area (Å²) in [5.41, 5.74) is 0.992. The molecule has 17 heavy (non-hydrogen) atoms. The van der Waals surface area contributed by atoms with E-state index in [2.05, 4.69) is 33.0 Å². The quantitative estimate of drug-likeness (QED) is 0.822. The molecule has 0 aliphatic heterocycles. The zero-order valence-electron chi connectivity index (χ0n) is 11.4. The van der Waals surface area contributed by atoms with E-state index in [0.717, 1.165) is 18.7 Å². The summed E-state index contributed by atoms with van der Waals surface area (Å²) in [4.78, 5) is 12.1. The molecule has 1 rings (SSSR count). The Morgan fingerprint density at radius 3 is 2.53 bits per heavy atom. The highest BCUT2D eigenvalue weighted by Crippen LogP contribution is 1.98. The third-order valence-electron chi connectivity index (χ3n) is 2.53. The number of aromatic nitrogens is 1. The summed E-state index contributed by atoms with van der Waals surface area (Å²) in [7, 11) is 0. The number of hydrogen-bond acceptors (Lipinski definition) is 2. The monoisotopic (exact) mass is 236 g/mol. The number of hydrogen-bond donors (Lipinski definition) is 1. The van der Waals surface area contributed by atoms with Crippen LogP contribution < -0.4 is 10.9 Å². The first-order chi connectivity index (χ1) is 8.00. The van der Waals surface area contributed by atoms with Gasteiger partial charge < -0.3 is 9.88 Å². The Labute approximate surface area is 104 Å². The molecule has 0 aromatic carbocycles. The second-order valence-electron chi connectivity index (χ2n) is 5.41. The van der Waals surface area contributed by atoms with Crippen LogP contribution in [0.1, 0.15) is 33.3 Å². The molecule has 0 bridgehead atoms. The SMILES string of the molecule is CC(C)CNCc1cccn(CC(C)C)c1=O. The molecule has 0 spiro atoms. The van der Waals surface area contributed by atoms with Gasteiger partial charge in [0.25, 0.3) is 5.56 Å². The highest BCUT2D eigenvalue weighted by molar-refractivity contribution is 5.10. The van der Waals surface area contributed by atoms with E-state index in [9.17, 15) is 4.79 Å². The smallest absolute Gasteiger partial charge is 0.255 e. The van der Waals surface area contributed by atoms with Crippen LogP contribution in [0.2, 0.25) is 0 Å². The summed E-state index contributed by atoms with van der Waals surface area (Å²) in [5.74, 6) is 1.10. The van der Waals surface area contributed by atoms with Crippen molar-refractivity contribution in [1.29, 1.82) is 0 Å². The van der Waals surface area contributed by atoms with Crippen LogP contribution in [0.5, 0.6) is 0 Å². The van der Waals surface area contributed by atoms with Crippen molar-refractivity contribution in [2.24, 2.45) is 11.8 Å². The summed E-state index contributed by atoms with van der Waals surface area (Å²) >= 11 is 0. The van der Waals surface area contributed by atoms with Crippen molar-refractivity contribution in [1.82, 2.24) is 9.88 Å². The normalized spacial score (nSPS) is 11.4. The molecule has 96 valence electrons. The Bertz CT molecular complexity index is 393. The van der Waals surface area contributed by atoms with Crippen molar-refractivity contribution in [3.05, 3.63) is 34.2 Å². The fraction of sp³-hybridized carbons (Fsp3) is 0.643. The van der Waals surface area contributed by atoms with Gasteiger partial charge in [-0.05, 0) is 24.4 Å². The third-order valence-corrected chi connectivity index (χ3v) is 2.53. The van der Waals surface area contributed by atoms with E-state index in [1.165, 1.54) is 0 Å². The lowest BCUT2D eigenvalue weighted by Gasteiger charge is -2.11. The van der Waals surface area contributed by atoms with E-state index in [0.29, 0.717) is 18.4 Å². The van der Waals surface area contributed by atoms with Crippen LogP contribution in [-0.2, 0) is 13.1 Å². The highest BCUT2D eigenvalue weighted by Gasteiger charge is 2.04. The minimum absolute atomic E-state index is 0.137. The molecule has 0 fully saturated rings. The number of rotatable bonds is 6. The second kappa shape index (κ2) is 6.60. The van der Waals surface area contributed by atoms with Crippen LogP contribution in [0.4, 0.5) is 0 Å². The minimum Gasteiger partial charge on any atom is -0.315 e. The van der Waals surface area contributed by atoms with Gasteiger partial charge in [-0.1, -0.05) is 33.8 Å². The van der Waals surface area contributed by atoms with Crippen molar-refractivity contribution < 1.29 is 0 Å². The fourth-order valence-electron chi connectivity index (χ4n) is 1.75. The minimum atomic E-state index is 0.137. The van der Waals surface area contributed by atoms with Crippen LogP contribution in [0.15, 0.2) is 23.1 Å².